The lowest BCUT2D eigenvalue weighted by Gasteiger charge is -2.15. The molecule has 0 saturated heterocycles. The van der Waals surface area contributed by atoms with Gasteiger partial charge in [0.1, 0.15) is 0 Å². The Morgan fingerprint density at radius 2 is 1.83 bits per heavy atom. The SMILES string of the molecule is C1=C(c2cccc3c2ccn3Cc2ccccc2)CNCC1.Cl. The Morgan fingerprint density at radius 3 is 2.61 bits per heavy atom. The summed E-state index contributed by atoms with van der Waals surface area (Å²) < 4.78 is 2.34. The molecule has 0 aliphatic carbocycles. The molecule has 118 valence electrons. The lowest BCUT2D eigenvalue weighted by Crippen LogP contribution is -2.21. The van der Waals surface area contributed by atoms with E-state index in [1.54, 1.807) is 0 Å². The summed E-state index contributed by atoms with van der Waals surface area (Å²) in [5.41, 5.74) is 5.45. The fourth-order valence-corrected chi connectivity index (χ4v) is 3.27. The molecular formula is C20H21ClN2. The van der Waals surface area contributed by atoms with Crippen LogP contribution in [0.15, 0.2) is 66.9 Å². The molecule has 1 aliphatic rings. The van der Waals surface area contributed by atoms with Gasteiger partial charge in [-0.3, -0.25) is 0 Å². The first kappa shape index (κ1) is 15.9. The number of nitrogens with zero attached hydrogens (tertiary/aromatic N) is 1. The summed E-state index contributed by atoms with van der Waals surface area (Å²) in [6, 6.07) is 19.5. The number of halogens is 1. The Labute approximate surface area is 143 Å². The van der Waals surface area contributed by atoms with E-state index in [9.17, 15) is 0 Å². The first-order valence-electron chi connectivity index (χ1n) is 7.94. The summed E-state index contributed by atoms with van der Waals surface area (Å²) in [4.78, 5) is 0. The van der Waals surface area contributed by atoms with Crippen molar-refractivity contribution in [2.45, 2.75) is 13.0 Å². The van der Waals surface area contributed by atoms with E-state index in [1.807, 2.05) is 0 Å². The van der Waals surface area contributed by atoms with Gasteiger partial charge in [0.25, 0.3) is 0 Å². The Kier molecular flexibility index (Phi) is 4.85. The molecule has 2 heterocycles. The van der Waals surface area contributed by atoms with Gasteiger partial charge in [-0.1, -0.05) is 48.5 Å². The maximum absolute atomic E-state index is 3.47. The Balaban J connectivity index is 0.00000156. The van der Waals surface area contributed by atoms with Crippen LogP contribution in [0.3, 0.4) is 0 Å². The van der Waals surface area contributed by atoms with Gasteiger partial charge in [-0.05, 0) is 41.8 Å². The zero-order valence-corrected chi connectivity index (χ0v) is 13.9. The molecule has 0 spiro atoms. The van der Waals surface area contributed by atoms with Gasteiger partial charge >= 0.3 is 0 Å². The first-order chi connectivity index (χ1) is 10.9. The largest absolute Gasteiger partial charge is 0.343 e. The minimum Gasteiger partial charge on any atom is -0.343 e. The number of hydrogen-bond acceptors (Lipinski definition) is 1. The van der Waals surface area contributed by atoms with Gasteiger partial charge in [-0.2, -0.15) is 0 Å². The third-order valence-electron chi connectivity index (χ3n) is 4.38. The van der Waals surface area contributed by atoms with Crippen molar-refractivity contribution in [1.29, 1.82) is 0 Å². The summed E-state index contributed by atoms with van der Waals surface area (Å²) in [6.07, 6.45) is 5.70. The minimum absolute atomic E-state index is 0. The van der Waals surface area contributed by atoms with Crippen molar-refractivity contribution in [3.05, 3.63) is 78.0 Å². The van der Waals surface area contributed by atoms with Crippen molar-refractivity contribution in [1.82, 2.24) is 9.88 Å². The molecule has 1 aliphatic heterocycles. The van der Waals surface area contributed by atoms with Crippen LogP contribution in [0.25, 0.3) is 16.5 Å². The maximum atomic E-state index is 3.47. The van der Waals surface area contributed by atoms with Gasteiger partial charge in [0, 0.05) is 30.2 Å². The van der Waals surface area contributed by atoms with Gasteiger partial charge in [0.2, 0.25) is 0 Å². The highest BCUT2D eigenvalue weighted by atomic mass is 35.5. The third kappa shape index (κ3) is 3.19. The van der Waals surface area contributed by atoms with Crippen molar-refractivity contribution in [2.24, 2.45) is 0 Å². The van der Waals surface area contributed by atoms with Crippen molar-refractivity contribution in [3.8, 4) is 0 Å². The highest BCUT2D eigenvalue weighted by Gasteiger charge is 2.11. The highest BCUT2D eigenvalue weighted by Crippen LogP contribution is 2.27. The summed E-state index contributed by atoms with van der Waals surface area (Å²) in [5.74, 6) is 0. The molecule has 0 atom stereocenters. The van der Waals surface area contributed by atoms with Gasteiger partial charge in [0.15, 0.2) is 0 Å². The first-order valence-corrected chi connectivity index (χ1v) is 7.94. The second kappa shape index (κ2) is 7.03. The topological polar surface area (TPSA) is 17.0 Å². The lowest BCUT2D eigenvalue weighted by atomic mass is 9.99. The van der Waals surface area contributed by atoms with E-state index in [4.69, 9.17) is 0 Å². The molecule has 0 radical (unpaired) electrons. The van der Waals surface area contributed by atoms with E-state index in [1.165, 1.54) is 27.6 Å². The standard InChI is InChI=1S/C20H20N2.ClH/c1-2-6-16(7-3-1)15-22-13-11-19-18(9-4-10-20(19)22)17-8-5-12-21-14-17;/h1-4,6-11,13,21H,5,12,14-15H2;1H. The summed E-state index contributed by atoms with van der Waals surface area (Å²) in [5, 5.41) is 4.82. The van der Waals surface area contributed by atoms with Crippen LogP contribution in [0.2, 0.25) is 0 Å². The fourth-order valence-electron chi connectivity index (χ4n) is 3.27. The summed E-state index contributed by atoms with van der Waals surface area (Å²) in [7, 11) is 0. The van der Waals surface area contributed by atoms with Gasteiger partial charge in [0.05, 0.1) is 0 Å². The monoisotopic (exact) mass is 324 g/mol. The Morgan fingerprint density at radius 1 is 0.957 bits per heavy atom. The zero-order valence-electron chi connectivity index (χ0n) is 13.0. The molecule has 1 aromatic heterocycles. The number of nitrogens with one attached hydrogen (secondary N) is 1. The fraction of sp³-hybridized carbons (Fsp3) is 0.200. The zero-order chi connectivity index (χ0) is 14.8. The average molecular weight is 325 g/mol. The van der Waals surface area contributed by atoms with Gasteiger partial charge < -0.3 is 9.88 Å². The van der Waals surface area contributed by atoms with Crippen molar-refractivity contribution in [2.75, 3.05) is 13.1 Å². The van der Waals surface area contributed by atoms with Gasteiger partial charge in [-0.15, -0.1) is 12.4 Å². The second-order valence-corrected chi connectivity index (χ2v) is 5.86. The molecule has 0 amide bonds. The van der Waals surface area contributed by atoms with E-state index in [-0.39, 0.29) is 12.4 Å². The third-order valence-corrected chi connectivity index (χ3v) is 4.38. The van der Waals surface area contributed by atoms with Gasteiger partial charge in [-0.25, -0.2) is 0 Å². The molecule has 1 N–H and O–H groups in total. The molecule has 23 heavy (non-hydrogen) atoms. The van der Waals surface area contributed by atoms with Crippen LogP contribution in [-0.4, -0.2) is 17.7 Å². The van der Waals surface area contributed by atoms with Crippen LogP contribution in [0, 0.1) is 0 Å². The van der Waals surface area contributed by atoms with E-state index in [0.717, 1.165) is 26.1 Å². The number of fused-ring (bicyclic) bond motifs is 1. The lowest BCUT2D eigenvalue weighted by molar-refractivity contribution is 0.739. The Hall–Kier alpha value is -2.03. The molecule has 2 nitrogen and oxygen atoms in total. The van der Waals surface area contributed by atoms with Crippen LogP contribution < -0.4 is 5.32 Å². The second-order valence-electron chi connectivity index (χ2n) is 5.86. The van der Waals surface area contributed by atoms with Crippen LogP contribution in [0.1, 0.15) is 17.5 Å². The normalized spacial score (nSPS) is 14.3. The number of benzene rings is 2. The van der Waals surface area contributed by atoms with Crippen molar-refractivity contribution < 1.29 is 0 Å². The van der Waals surface area contributed by atoms with E-state index >= 15 is 0 Å². The molecule has 2 aromatic carbocycles. The summed E-state index contributed by atoms with van der Waals surface area (Å²) in [6.45, 7) is 2.99. The van der Waals surface area contributed by atoms with Crippen LogP contribution in [0.5, 0.6) is 0 Å². The molecule has 0 bridgehead atoms. The summed E-state index contributed by atoms with van der Waals surface area (Å²) >= 11 is 0. The van der Waals surface area contributed by atoms with Crippen LogP contribution in [0.4, 0.5) is 0 Å². The molecule has 0 unspecified atom stereocenters. The average Bonchev–Trinajstić information content (AvgIpc) is 3.00. The number of rotatable bonds is 3. The van der Waals surface area contributed by atoms with Crippen molar-refractivity contribution >= 4 is 28.9 Å². The molecular weight excluding hydrogens is 304 g/mol. The molecule has 3 heteroatoms. The molecule has 3 aromatic rings. The van der Waals surface area contributed by atoms with E-state index in [2.05, 4.69) is 76.8 Å². The predicted molar refractivity (Wildman–Crippen MR) is 100 cm³/mol. The molecule has 4 rings (SSSR count). The predicted octanol–water partition coefficient (Wildman–Crippen LogP) is 4.49. The number of aromatic nitrogens is 1. The Bertz CT molecular complexity index is 818. The minimum atomic E-state index is 0. The number of hydrogen-bond donors (Lipinski definition) is 1. The van der Waals surface area contributed by atoms with Crippen LogP contribution >= 0.6 is 12.4 Å². The molecule has 0 saturated carbocycles. The highest BCUT2D eigenvalue weighted by molar-refractivity contribution is 5.93. The van der Waals surface area contributed by atoms with E-state index in [0.29, 0.717) is 0 Å². The van der Waals surface area contributed by atoms with E-state index < -0.39 is 0 Å². The quantitative estimate of drug-likeness (QED) is 0.751. The van der Waals surface area contributed by atoms with Crippen LogP contribution in [-0.2, 0) is 6.54 Å². The maximum Gasteiger partial charge on any atom is 0.0489 e. The smallest absolute Gasteiger partial charge is 0.0489 e. The molecule has 0 fully saturated rings. The van der Waals surface area contributed by atoms with Crippen molar-refractivity contribution in [3.63, 3.8) is 0 Å².